The van der Waals surface area contributed by atoms with Crippen molar-refractivity contribution in [3.05, 3.63) is 51.7 Å². The Morgan fingerprint density at radius 3 is 2.96 bits per heavy atom. The van der Waals surface area contributed by atoms with Crippen LogP contribution in [-0.4, -0.2) is 44.0 Å². The molecular formula is C16H18N4O5. The molecule has 0 saturated heterocycles. The van der Waals surface area contributed by atoms with E-state index in [9.17, 15) is 20.0 Å². The van der Waals surface area contributed by atoms with Crippen molar-refractivity contribution in [3.8, 4) is 5.88 Å². The number of fused-ring (bicyclic) bond motifs is 1. The van der Waals surface area contributed by atoms with Gasteiger partial charge in [0, 0.05) is 26.1 Å². The van der Waals surface area contributed by atoms with Crippen molar-refractivity contribution < 1.29 is 19.6 Å². The van der Waals surface area contributed by atoms with Crippen molar-refractivity contribution >= 4 is 11.8 Å². The molecule has 1 atom stereocenters. The largest absolute Gasteiger partial charge is 0.473 e. The molecule has 1 aromatic heterocycles. The minimum Gasteiger partial charge on any atom is -0.473 e. The quantitative estimate of drug-likeness (QED) is 0.657. The molecule has 9 heteroatoms. The number of aryl methyl sites for hydroxylation is 1. The Morgan fingerprint density at radius 1 is 1.48 bits per heavy atom. The molecule has 0 radical (unpaired) electrons. The Balaban J connectivity index is 1.71. The predicted molar refractivity (Wildman–Crippen MR) is 87.6 cm³/mol. The van der Waals surface area contributed by atoms with Gasteiger partial charge in [-0.15, -0.1) is 0 Å². The van der Waals surface area contributed by atoms with Gasteiger partial charge in [-0.25, -0.2) is 9.48 Å². The van der Waals surface area contributed by atoms with Crippen LogP contribution in [0.25, 0.3) is 0 Å². The van der Waals surface area contributed by atoms with Crippen molar-refractivity contribution in [1.29, 1.82) is 0 Å². The van der Waals surface area contributed by atoms with E-state index in [0.717, 1.165) is 17.3 Å². The van der Waals surface area contributed by atoms with E-state index in [2.05, 4.69) is 5.10 Å². The molecule has 1 aliphatic heterocycles. The van der Waals surface area contributed by atoms with E-state index >= 15 is 0 Å². The monoisotopic (exact) mass is 346 g/mol. The highest BCUT2D eigenvalue weighted by Gasteiger charge is 2.28. The highest BCUT2D eigenvalue weighted by Crippen LogP contribution is 2.31. The van der Waals surface area contributed by atoms with Crippen LogP contribution in [0.5, 0.6) is 5.88 Å². The molecule has 0 fully saturated rings. The number of amides is 1. The number of nitrogens with zero attached hydrogens (tertiary/aromatic N) is 4. The van der Waals surface area contributed by atoms with Gasteiger partial charge in [0.15, 0.2) is 0 Å². The molecule has 25 heavy (non-hydrogen) atoms. The summed E-state index contributed by atoms with van der Waals surface area (Å²) in [5.41, 5.74) is 1.90. The fourth-order valence-electron chi connectivity index (χ4n) is 3.11. The Labute approximate surface area is 143 Å². The second-order valence-corrected chi connectivity index (χ2v) is 5.91. The number of hydrogen-bond acceptors (Lipinski definition) is 5. The summed E-state index contributed by atoms with van der Waals surface area (Å²) in [6.07, 6.45) is 0.739. The van der Waals surface area contributed by atoms with Crippen molar-refractivity contribution in [2.24, 2.45) is 7.05 Å². The smallest absolute Gasteiger partial charge is 0.407 e. The van der Waals surface area contributed by atoms with Gasteiger partial charge in [0.2, 0.25) is 0 Å². The summed E-state index contributed by atoms with van der Waals surface area (Å²) in [5, 5.41) is 24.1. The van der Waals surface area contributed by atoms with Crippen LogP contribution in [0, 0.1) is 10.1 Å². The lowest BCUT2D eigenvalue weighted by atomic mass is 9.88. The maximum Gasteiger partial charge on any atom is 0.407 e. The van der Waals surface area contributed by atoms with Gasteiger partial charge >= 0.3 is 11.8 Å². The third-order valence-corrected chi connectivity index (χ3v) is 4.34. The predicted octanol–water partition coefficient (Wildman–Crippen LogP) is 2.37. The fraction of sp³-hybridized carbons (Fsp3) is 0.375. The van der Waals surface area contributed by atoms with E-state index in [1.54, 1.807) is 7.05 Å². The van der Waals surface area contributed by atoms with Gasteiger partial charge in [0.25, 0.3) is 5.88 Å². The van der Waals surface area contributed by atoms with Gasteiger partial charge in [-0.3, -0.25) is 10.1 Å². The van der Waals surface area contributed by atoms with Gasteiger partial charge in [-0.05, 0) is 17.5 Å². The van der Waals surface area contributed by atoms with Crippen LogP contribution in [0.1, 0.15) is 23.5 Å². The van der Waals surface area contributed by atoms with Gasteiger partial charge in [-0.2, -0.15) is 5.10 Å². The Bertz CT molecular complexity index is 804. The zero-order valence-corrected chi connectivity index (χ0v) is 13.7. The molecule has 0 aliphatic carbocycles. The molecule has 3 rings (SSSR count). The number of rotatable bonds is 5. The summed E-state index contributed by atoms with van der Waals surface area (Å²) < 4.78 is 6.89. The van der Waals surface area contributed by atoms with Gasteiger partial charge in [-0.1, -0.05) is 24.3 Å². The molecule has 0 saturated carbocycles. The number of benzene rings is 1. The summed E-state index contributed by atoms with van der Waals surface area (Å²) in [7, 11) is 1.57. The number of hydrogen-bond donors (Lipinski definition) is 1. The van der Waals surface area contributed by atoms with E-state index in [0.29, 0.717) is 19.5 Å². The van der Waals surface area contributed by atoms with Crippen molar-refractivity contribution in [3.63, 3.8) is 0 Å². The average molecular weight is 346 g/mol. The number of ether oxygens (including phenoxy) is 1. The first kappa shape index (κ1) is 16.7. The third-order valence-electron chi connectivity index (χ3n) is 4.34. The van der Waals surface area contributed by atoms with Crippen LogP contribution in [0.2, 0.25) is 0 Å². The lowest BCUT2D eigenvalue weighted by Crippen LogP contribution is -2.37. The van der Waals surface area contributed by atoms with Crippen LogP contribution >= 0.6 is 0 Å². The topological polar surface area (TPSA) is 111 Å². The van der Waals surface area contributed by atoms with E-state index in [4.69, 9.17) is 4.74 Å². The van der Waals surface area contributed by atoms with Gasteiger partial charge in [0.05, 0.1) is 11.5 Å². The van der Waals surface area contributed by atoms with Crippen molar-refractivity contribution in [1.82, 2.24) is 14.7 Å². The molecule has 2 heterocycles. The molecule has 1 amide bonds. The van der Waals surface area contributed by atoms with Gasteiger partial charge < -0.3 is 14.7 Å². The molecule has 9 nitrogen and oxygen atoms in total. The number of aromatic nitrogens is 2. The lowest BCUT2D eigenvalue weighted by Gasteiger charge is -2.33. The van der Waals surface area contributed by atoms with Crippen molar-refractivity contribution in [2.75, 3.05) is 13.2 Å². The van der Waals surface area contributed by atoms with Crippen LogP contribution in [0.4, 0.5) is 10.5 Å². The molecule has 0 spiro atoms. The molecule has 0 bridgehead atoms. The van der Waals surface area contributed by atoms with Crippen LogP contribution in [0.3, 0.4) is 0 Å². The van der Waals surface area contributed by atoms with Crippen LogP contribution < -0.4 is 4.74 Å². The second-order valence-electron chi connectivity index (χ2n) is 5.91. The minimum absolute atomic E-state index is 0.0201. The molecule has 1 unspecified atom stereocenters. The number of nitro groups is 1. The molecule has 2 aromatic rings. The summed E-state index contributed by atoms with van der Waals surface area (Å²) in [6, 6.07) is 7.72. The second kappa shape index (κ2) is 6.80. The van der Waals surface area contributed by atoms with E-state index in [1.807, 2.05) is 24.3 Å². The SMILES string of the molecule is Cn1ncc([N+](=O)[O-])c1OCCC1CN(C(=O)O)Cc2ccccc21. The first-order valence-corrected chi connectivity index (χ1v) is 7.82. The first-order valence-electron chi connectivity index (χ1n) is 7.82. The Kier molecular flexibility index (Phi) is 4.55. The minimum atomic E-state index is -0.956. The molecule has 1 aliphatic rings. The molecule has 132 valence electrons. The van der Waals surface area contributed by atoms with Gasteiger partial charge in [0.1, 0.15) is 6.20 Å². The third kappa shape index (κ3) is 3.39. The zero-order chi connectivity index (χ0) is 18.0. The summed E-state index contributed by atoms with van der Waals surface area (Å²) in [5.74, 6) is 0.0810. The molecular weight excluding hydrogens is 328 g/mol. The highest BCUT2D eigenvalue weighted by atomic mass is 16.6. The number of carboxylic acid groups (broad SMARTS) is 1. The first-order chi connectivity index (χ1) is 12.0. The fourth-order valence-corrected chi connectivity index (χ4v) is 3.11. The summed E-state index contributed by atoms with van der Waals surface area (Å²) in [6.45, 7) is 0.978. The molecule has 1 aromatic carbocycles. The number of carbonyl (C=O) groups is 1. The van der Waals surface area contributed by atoms with E-state index in [1.165, 1.54) is 9.58 Å². The van der Waals surface area contributed by atoms with Crippen LogP contribution in [-0.2, 0) is 13.6 Å². The standard InChI is InChI=1S/C16H18N4O5/c1-18-15(14(8-17-18)20(23)24)25-7-6-12-10-19(16(21)22)9-11-4-2-3-5-13(11)12/h2-5,8,12H,6-7,9-10H2,1H3,(H,21,22). The normalized spacial score (nSPS) is 16.4. The Hall–Kier alpha value is -3.10. The zero-order valence-electron chi connectivity index (χ0n) is 13.7. The summed E-state index contributed by atoms with van der Waals surface area (Å²) >= 11 is 0. The lowest BCUT2D eigenvalue weighted by molar-refractivity contribution is -0.386. The van der Waals surface area contributed by atoms with E-state index < -0.39 is 11.0 Å². The Morgan fingerprint density at radius 2 is 2.24 bits per heavy atom. The molecule has 1 N–H and O–H groups in total. The van der Waals surface area contributed by atoms with Crippen molar-refractivity contribution in [2.45, 2.75) is 18.9 Å². The maximum atomic E-state index is 11.3. The van der Waals surface area contributed by atoms with E-state index in [-0.39, 0.29) is 24.1 Å². The average Bonchev–Trinajstić information content (AvgIpc) is 2.95. The van der Waals surface area contributed by atoms with Crippen LogP contribution in [0.15, 0.2) is 30.5 Å². The highest BCUT2D eigenvalue weighted by molar-refractivity contribution is 5.65. The summed E-state index contributed by atoms with van der Waals surface area (Å²) in [4.78, 5) is 23.2. The maximum absolute atomic E-state index is 11.3.